The lowest BCUT2D eigenvalue weighted by atomic mass is 10.1. The molecule has 1 aliphatic heterocycles. The number of hydrogen-bond donors (Lipinski definition) is 2. The van der Waals surface area contributed by atoms with E-state index in [1.807, 2.05) is 38.1 Å². The normalized spacial score (nSPS) is 16.2. The minimum atomic E-state index is -0.131. The minimum Gasteiger partial charge on any atom is -0.489 e. The van der Waals surface area contributed by atoms with E-state index in [9.17, 15) is 4.79 Å². The van der Waals surface area contributed by atoms with Crippen molar-refractivity contribution < 1.29 is 14.3 Å². The van der Waals surface area contributed by atoms with Crippen molar-refractivity contribution in [2.75, 3.05) is 30.4 Å². The van der Waals surface area contributed by atoms with Gasteiger partial charge in [-0.1, -0.05) is 23.7 Å². The highest BCUT2D eigenvalue weighted by Crippen LogP contribution is 2.29. The van der Waals surface area contributed by atoms with Crippen molar-refractivity contribution in [2.45, 2.75) is 32.8 Å². The first kappa shape index (κ1) is 19.5. The van der Waals surface area contributed by atoms with Crippen molar-refractivity contribution in [1.82, 2.24) is 0 Å². The lowest BCUT2D eigenvalue weighted by Gasteiger charge is -2.16. The minimum absolute atomic E-state index is 0.115. The maximum Gasteiger partial charge on any atom is 0.243 e. The topological polar surface area (TPSA) is 59.6 Å². The Bertz CT molecular complexity index is 804. The summed E-state index contributed by atoms with van der Waals surface area (Å²) in [5.41, 5.74) is 3.72. The third-order valence-corrected chi connectivity index (χ3v) is 4.94. The zero-order valence-corrected chi connectivity index (χ0v) is 16.4. The molecule has 6 heteroatoms. The van der Waals surface area contributed by atoms with Gasteiger partial charge in [0.25, 0.3) is 0 Å². The standard InChI is InChI=1S/C21H25ClN2O3/c1-14-5-3-7-18(15(14)2)24-21(25)12-23-19-11-16(22)8-9-20(19)27-13-17-6-4-10-26-17/h3,5,7-9,11,17,23H,4,6,10,12-13H2,1-2H3,(H,24,25). The van der Waals surface area contributed by atoms with Crippen molar-refractivity contribution in [3.05, 3.63) is 52.5 Å². The molecule has 1 unspecified atom stereocenters. The van der Waals surface area contributed by atoms with E-state index in [0.29, 0.717) is 23.1 Å². The zero-order valence-electron chi connectivity index (χ0n) is 15.7. The number of halogens is 1. The van der Waals surface area contributed by atoms with E-state index >= 15 is 0 Å². The second-order valence-electron chi connectivity index (χ2n) is 6.74. The number of ether oxygens (including phenoxy) is 2. The summed E-state index contributed by atoms with van der Waals surface area (Å²) >= 11 is 6.11. The van der Waals surface area contributed by atoms with Crippen molar-refractivity contribution in [2.24, 2.45) is 0 Å². The van der Waals surface area contributed by atoms with Crippen LogP contribution in [-0.2, 0) is 9.53 Å². The van der Waals surface area contributed by atoms with Gasteiger partial charge in [0.15, 0.2) is 0 Å². The molecule has 1 atom stereocenters. The van der Waals surface area contributed by atoms with Gasteiger partial charge in [-0.15, -0.1) is 0 Å². The summed E-state index contributed by atoms with van der Waals surface area (Å²) in [6.45, 7) is 5.41. The Balaban J connectivity index is 1.59. The maximum absolute atomic E-state index is 12.3. The van der Waals surface area contributed by atoms with E-state index in [4.69, 9.17) is 21.1 Å². The molecule has 1 heterocycles. The summed E-state index contributed by atoms with van der Waals surface area (Å²) in [4.78, 5) is 12.3. The summed E-state index contributed by atoms with van der Waals surface area (Å²) in [7, 11) is 0. The summed E-state index contributed by atoms with van der Waals surface area (Å²) in [6.07, 6.45) is 2.20. The molecule has 0 radical (unpaired) electrons. The molecule has 5 nitrogen and oxygen atoms in total. The van der Waals surface area contributed by atoms with Crippen LogP contribution < -0.4 is 15.4 Å². The highest BCUT2D eigenvalue weighted by atomic mass is 35.5. The van der Waals surface area contributed by atoms with Crippen LogP contribution in [0.3, 0.4) is 0 Å². The molecule has 1 aliphatic rings. The molecule has 0 bridgehead atoms. The van der Waals surface area contributed by atoms with Gasteiger partial charge in [0.05, 0.1) is 18.3 Å². The molecule has 27 heavy (non-hydrogen) atoms. The largest absolute Gasteiger partial charge is 0.489 e. The zero-order chi connectivity index (χ0) is 19.2. The fraction of sp³-hybridized carbons (Fsp3) is 0.381. The van der Waals surface area contributed by atoms with E-state index in [1.165, 1.54) is 0 Å². The van der Waals surface area contributed by atoms with Crippen LogP contribution in [0.25, 0.3) is 0 Å². The first-order valence-electron chi connectivity index (χ1n) is 9.17. The molecule has 2 aromatic carbocycles. The van der Waals surface area contributed by atoms with Crippen LogP contribution in [0, 0.1) is 13.8 Å². The number of hydrogen-bond acceptors (Lipinski definition) is 4. The van der Waals surface area contributed by atoms with Crippen molar-refractivity contribution >= 4 is 28.9 Å². The Kier molecular flexibility index (Phi) is 6.58. The molecule has 2 aromatic rings. The monoisotopic (exact) mass is 388 g/mol. The average Bonchev–Trinajstić information content (AvgIpc) is 3.16. The molecule has 0 spiro atoms. The van der Waals surface area contributed by atoms with Crippen LogP contribution in [0.2, 0.25) is 5.02 Å². The number of anilines is 2. The number of carbonyl (C=O) groups is 1. The maximum atomic E-state index is 12.3. The highest BCUT2D eigenvalue weighted by molar-refractivity contribution is 6.30. The summed E-state index contributed by atoms with van der Waals surface area (Å²) in [5, 5.41) is 6.64. The number of nitrogens with one attached hydrogen (secondary N) is 2. The molecule has 0 aromatic heterocycles. The molecule has 1 amide bonds. The van der Waals surface area contributed by atoms with Gasteiger partial charge in [-0.05, 0) is 62.1 Å². The quantitative estimate of drug-likeness (QED) is 0.729. The number of rotatable bonds is 7. The van der Waals surface area contributed by atoms with Crippen molar-refractivity contribution in [3.63, 3.8) is 0 Å². The third kappa shape index (κ3) is 5.37. The van der Waals surface area contributed by atoms with Crippen LogP contribution in [-0.4, -0.2) is 31.8 Å². The first-order valence-corrected chi connectivity index (χ1v) is 9.54. The SMILES string of the molecule is Cc1cccc(NC(=O)CNc2cc(Cl)ccc2OCC2CCCO2)c1C. The van der Waals surface area contributed by atoms with E-state index in [1.54, 1.807) is 12.1 Å². The fourth-order valence-electron chi connectivity index (χ4n) is 2.98. The van der Waals surface area contributed by atoms with Gasteiger partial charge in [0.1, 0.15) is 12.4 Å². The Labute approximate surface area is 165 Å². The molecule has 1 fully saturated rings. The highest BCUT2D eigenvalue weighted by Gasteiger charge is 2.17. The van der Waals surface area contributed by atoms with Crippen molar-refractivity contribution in [1.29, 1.82) is 0 Å². The molecule has 1 saturated heterocycles. The molecule has 0 saturated carbocycles. The Morgan fingerprint density at radius 3 is 2.89 bits per heavy atom. The molecule has 2 N–H and O–H groups in total. The molecule has 3 rings (SSSR count). The van der Waals surface area contributed by atoms with Gasteiger partial charge >= 0.3 is 0 Å². The molecular formula is C21H25ClN2O3. The number of amides is 1. The first-order chi connectivity index (χ1) is 13.0. The summed E-state index contributed by atoms with van der Waals surface area (Å²) in [6, 6.07) is 11.2. The Morgan fingerprint density at radius 1 is 1.26 bits per heavy atom. The van der Waals surface area contributed by atoms with Crippen LogP contribution in [0.1, 0.15) is 24.0 Å². The third-order valence-electron chi connectivity index (χ3n) is 4.71. The van der Waals surface area contributed by atoms with Gasteiger partial charge in [-0.25, -0.2) is 0 Å². The number of carbonyl (C=O) groups excluding carboxylic acids is 1. The van der Waals surface area contributed by atoms with Gasteiger partial charge in [-0.3, -0.25) is 4.79 Å². The van der Waals surface area contributed by atoms with E-state index < -0.39 is 0 Å². The van der Waals surface area contributed by atoms with Crippen LogP contribution in [0.15, 0.2) is 36.4 Å². The van der Waals surface area contributed by atoms with Gasteiger partial charge in [-0.2, -0.15) is 0 Å². The lowest BCUT2D eigenvalue weighted by Crippen LogP contribution is -2.23. The van der Waals surface area contributed by atoms with Gasteiger partial charge < -0.3 is 20.1 Å². The number of benzene rings is 2. The smallest absolute Gasteiger partial charge is 0.243 e. The summed E-state index contributed by atoms with van der Waals surface area (Å²) < 4.78 is 11.5. The van der Waals surface area contributed by atoms with E-state index in [2.05, 4.69) is 10.6 Å². The second kappa shape index (κ2) is 9.11. The van der Waals surface area contributed by atoms with Gasteiger partial charge in [0.2, 0.25) is 5.91 Å². The van der Waals surface area contributed by atoms with Crippen LogP contribution >= 0.6 is 11.6 Å². The Hall–Kier alpha value is -2.24. The predicted molar refractivity (Wildman–Crippen MR) is 109 cm³/mol. The predicted octanol–water partition coefficient (Wildman–Crippen LogP) is 4.57. The van der Waals surface area contributed by atoms with E-state index in [0.717, 1.165) is 36.3 Å². The molecular weight excluding hydrogens is 364 g/mol. The molecule has 0 aliphatic carbocycles. The van der Waals surface area contributed by atoms with Crippen LogP contribution in [0.5, 0.6) is 5.75 Å². The van der Waals surface area contributed by atoms with Crippen molar-refractivity contribution in [3.8, 4) is 5.75 Å². The average molecular weight is 389 g/mol. The number of aryl methyl sites for hydroxylation is 1. The second-order valence-corrected chi connectivity index (χ2v) is 7.17. The fourth-order valence-corrected chi connectivity index (χ4v) is 3.15. The molecule has 144 valence electrons. The summed E-state index contributed by atoms with van der Waals surface area (Å²) in [5.74, 6) is 0.531. The Morgan fingerprint density at radius 2 is 2.11 bits per heavy atom. The van der Waals surface area contributed by atoms with Gasteiger partial charge in [0, 0.05) is 17.3 Å². The van der Waals surface area contributed by atoms with E-state index in [-0.39, 0.29) is 18.6 Å². The lowest BCUT2D eigenvalue weighted by molar-refractivity contribution is -0.114. The van der Waals surface area contributed by atoms with Crippen LogP contribution in [0.4, 0.5) is 11.4 Å².